The molecule has 2 heterocycles. The van der Waals surface area contributed by atoms with Crippen molar-refractivity contribution < 1.29 is 14.0 Å². The molecule has 0 saturated carbocycles. The van der Waals surface area contributed by atoms with E-state index >= 15 is 0 Å². The maximum absolute atomic E-state index is 13.0. The van der Waals surface area contributed by atoms with Gasteiger partial charge in [-0.15, -0.1) is 10.2 Å². The van der Waals surface area contributed by atoms with Crippen molar-refractivity contribution in [2.45, 2.75) is 25.5 Å². The van der Waals surface area contributed by atoms with E-state index in [1.54, 1.807) is 49.7 Å². The van der Waals surface area contributed by atoms with Crippen LogP contribution in [0.2, 0.25) is 0 Å². The van der Waals surface area contributed by atoms with Crippen LogP contribution >= 0.6 is 11.8 Å². The summed E-state index contributed by atoms with van der Waals surface area (Å²) in [6, 6.07) is 18.6. The maximum atomic E-state index is 13.0. The van der Waals surface area contributed by atoms with Gasteiger partial charge in [0, 0.05) is 12.7 Å². The molecule has 0 aliphatic carbocycles. The van der Waals surface area contributed by atoms with Gasteiger partial charge in [-0.25, -0.2) is 0 Å². The second-order valence-electron chi connectivity index (χ2n) is 7.72. The van der Waals surface area contributed by atoms with E-state index in [1.807, 2.05) is 42.7 Å². The summed E-state index contributed by atoms with van der Waals surface area (Å²) in [7, 11) is 1.66. The number of nitrogens with zero attached hydrogens (tertiary/aromatic N) is 4. The standard InChI is InChI=1S/C25H25N5O3S/c1-17-10-12-19(13-11-17)30-18(2)27-28-25(30)34-16-23(31)29(3)22-9-5-4-8-21(22)24(32)26-15-20-7-6-14-33-20/h4-14H,15-16H2,1-3H3,(H,26,32). The number of nitrogens with one attached hydrogen (secondary N) is 1. The molecular formula is C25H25N5O3S. The number of aryl methyl sites for hydroxylation is 2. The summed E-state index contributed by atoms with van der Waals surface area (Å²) < 4.78 is 7.19. The summed E-state index contributed by atoms with van der Waals surface area (Å²) in [4.78, 5) is 27.3. The van der Waals surface area contributed by atoms with Gasteiger partial charge >= 0.3 is 0 Å². The Morgan fingerprint density at radius 3 is 2.53 bits per heavy atom. The molecule has 0 fully saturated rings. The summed E-state index contributed by atoms with van der Waals surface area (Å²) >= 11 is 1.31. The van der Waals surface area contributed by atoms with Crippen molar-refractivity contribution in [2.24, 2.45) is 0 Å². The minimum absolute atomic E-state index is 0.142. The molecule has 2 amide bonds. The fourth-order valence-corrected chi connectivity index (χ4v) is 4.33. The average molecular weight is 476 g/mol. The number of anilines is 1. The molecule has 1 N–H and O–H groups in total. The van der Waals surface area contributed by atoms with Crippen LogP contribution in [0, 0.1) is 13.8 Å². The lowest BCUT2D eigenvalue weighted by atomic mass is 10.1. The van der Waals surface area contributed by atoms with E-state index in [9.17, 15) is 9.59 Å². The Balaban J connectivity index is 1.45. The molecule has 9 heteroatoms. The predicted molar refractivity (Wildman–Crippen MR) is 131 cm³/mol. The summed E-state index contributed by atoms with van der Waals surface area (Å²) in [5.74, 6) is 1.09. The summed E-state index contributed by atoms with van der Waals surface area (Å²) in [5.41, 5.74) is 3.04. The van der Waals surface area contributed by atoms with Crippen LogP contribution in [0.15, 0.2) is 76.5 Å². The maximum Gasteiger partial charge on any atom is 0.253 e. The number of amides is 2. The number of hydrogen-bond acceptors (Lipinski definition) is 6. The smallest absolute Gasteiger partial charge is 0.253 e. The highest BCUT2D eigenvalue weighted by atomic mass is 32.2. The molecule has 8 nitrogen and oxygen atoms in total. The van der Waals surface area contributed by atoms with E-state index in [-0.39, 0.29) is 24.1 Å². The zero-order valence-corrected chi connectivity index (χ0v) is 20.0. The molecular weight excluding hydrogens is 450 g/mol. The van der Waals surface area contributed by atoms with Crippen molar-refractivity contribution in [1.29, 1.82) is 0 Å². The lowest BCUT2D eigenvalue weighted by Gasteiger charge is -2.20. The number of thioether (sulfide) groups is 1. The Morgan fingerprint density at radius 2 is 1.79 bits per heavy atom. The van der Waals surface area contributed by atoms with Crippen LogP contribution in [0.3, 0.4) is 0 Å². The molecule has 0 bridgehead atoms. The molecule has 0 radical (unpaired) electrons. The molecule has 0 atom stereocenters. The number of carbonyl (C=O) groups is 2. The third-order valence-electron chi connectivity index (χ3n) is 5.30. The number of aromatic nitrogens is 3. The van der Waals surface area contributed by atoms with E-state index in [0.29, 0.717) is 22.2 Å². The van der Waals surface area contributed by atoms with Crippen LogP contribution in [-0.2, 0) is 11.3 Å². The SMILES string of the molecule is Cc1ccc(-n2c(C)nnc2SCC(=O)N(C)c2ccccc2C(=O)NCc2ccco2)cc1. The first-order valence-electron chi connectivity index (χ1n) is 10.7. The van der Waals surface area contributed by atoms with E-state index in [1.165, 1.54) is 16.7 Å². The van der Waals surface area contributed by atoms with Crippen molar-refractivity contribution in [3.63, 3.8) is 0 Å². The Hall–Kier alpha value is -3.85. The first kappa shape index (κ1) is 23.3. The van der Waals surface area contributed by atoms with Gasteiger partial charge in [-0.2, -0.15) is 0 Å². The van der Waals surface area contributed by atoms with E-state index in [2.05, 4.69) is 15.5 Å². The van der Waals surface area contributed by atoms with Gasteiger partial charge in [0.1, 0.15) is 11.6 Å². The number of furan rings is 1. The first-order chi connectivity index (χ1) is 16.4. The Labute approximate surface area is 202 Å². The summed E-state index contributed by atoms with van der Waals surface area (Å²) in [5, 5.41) is 11.9. The Kier molecular flexibility index (Phi) is 7.12. The Bertz CT molecular complexity index is 1280. The molecule has 174 valence electrons. The van der Waals surface area contributed by atoms with Gasteiger partial charge in [-0.1, -0.05) is 41.6 Å². The zero-order valence-electron chi connectivity index (χ0n) is 19.2. The third-order valence-corrected chi connectivity index (χ3v) is 6.21. The van der Waals surface area contributed by atoms with Crippen molar-refractivity contribution in [2.75, 3.05) is 17.7 Å². The highest BCUT2D eigenvalue weighted by Gasteiger charge is 2.20. The monoisotopic (exact) mass is 475 g/mol. The molecule has 0 aliphatic rings. The van der Waals surface area contributed by atoms with Crippen LogP contribution in [0.4, 0.5) is 5.69 Å². The van der Waals surface area contributed by atoms with Crippen LogP contribution < -0.4 is 10.2 Å². The number of carbonyl (C=O) groups excluding carboxylic acids is 2. The van der Waals surface area contributed by atoms with Crippen LogP contribution in [-0.4, -0.2) is 39.4 Å². The average Bonchev–Trinajstić information content (AvgIpc) is 3.51. The largest absolute Gasteiger partial charge is 0.467 e. The van der Waals surface area contributed by atoms with Crippen molar-refractivity contribution in [3.8, 4) is 5.69 Å². The minimum Gasteiger partial charge on any atom is -0.467 e. The normalized spacial score (nSPS) is 10.8. The Morgan fingerprint density at radius 1 is 1.03 bits per heavy atom. The molecule has 0 saturated heterocycles. The van der Waals surface area contributed by atoms with E-state index in [0.717, 1.165) is 17.1 Å². The lowest BCUT2D eigenvalue weighted by Crippen LogP contribution is -2.31. The van der Waals surface area contributed by atoms with Crippen LogP contribution in [0.5, 0.6) is 0 Å². The number of rotatable bonds is 8. The van der Waals surface area contributed by atoms with Crippen LogP contribution in [0.1, 0.15) is 27.5 Å². The number of para-hydroxylation sites is 1. The summed E-state index contributed by atoms with van der Waals surface area (Å²) in [6.07, 6.45) is 1.56. The van der Waals surface area contributed by atoms with Crippen LogP contribution in [0.25, 0.3) is 5.69 Å². The fourth-order valence-electron chi connectivity index (χ4n) is 3.42. The van der Waals surface area contributed by atoms with Crippen molar-refractivity contribution >= 4 is 29.3 Å². The van der Waals surface area contributed by atoms with Crippen molar-refractivity contribution in [1.82, 2.24) is 20.1 Å². The molecule has 4 rings (SSSR count). The van der Waals surface area contributed by atoms with Gasteiger partial charge < -0.3 is 14.6 Å². The predicted octanol–water partition coefficient (Wildman–Crippen LogP) is 4.16. The highest BCUT2D eigenvalue weighted by molar-refractivity contribution is 7.99. The minimum atomic E-state index is -0.283. The topological polar surface area (TPSA) is 93.3 Å². The second-order valence-corrected chi connectivity index (χ2v) is 8.66. The number of benzene rings is 2. The van der Waals surface area contributed by atoms with Gasteiger partial charge in [-0.05, 0) is 50.2 Å². The van der Waals surface area contributed by atoms with E-state index < -0.39 is 0 Å². The first-order valence-corrected chi connectivity index (χ1v) is 11.7. The second kappa shape index (κ2) is 10.4. The molecule has 2 aromatic carbocycles. The van der Waals surface area contributed by atoms with Crippen molar-refractivity contribution in [3.05, 3.63) is 89.6 Å². The van der Waals surface area contributed by atoms with Gasteiger partial charge in [0.05, 0.1) is 29.8 Å². The van der Waals surface area contributed by atoms with E-state index in [4.69, 9.17) is 4.42 Å². The molecule has 4 aromatic rings. The fraction of sp³-hybridized carbons (Fsp3) is 0.200. The van der Waals surface area contributed by atoms with Gasteiger partial charge in [0.2, 0.25) is 5.91 Å². The molecule has 0 unspecified atom stereocenters. The summed E-state index contributed by atoms with van der Waals surface area (Å²) in [6.45, 7) is 4.17. The molecule has 0 spiro atoms. The molecule has 0 aliphatic heterocycles. The van der Waals surface area contributed by atoms with Gasteiger partial charge in [-0.3, -0.25) is 14.2 Å². The highest BCUT2D eigenvalue weighted by Crippen LogP contribution is 2.25. The number of hydrogen-bond donors (Lipinski definition) is 1. The third kappa shape index (κ3) is 5.20. The van der Waals surface area contributed by atoms with Gasteiger partial charge in [0.25, 0.3) is 5.91 Å². The lowest BCUT2D eigenvalue weighted by molar-refractivity contribution is -0.115. The zero-order chi connectivity index (χ0) is 24.1. The van der Waals surface area contributed by atoms with Gasteiger partial charge in [0.15, 0.2) is 5.16 Å². The molecule has 2 aromatic heterocycles. The quantitative estimate of drug-likeness (QED) is 0.385. The molecule has 34 heavy (non-hydrogen) atoms.